The van der Waals surface area contributed by atoms with E-state index in [9.17, 15) is 4.79 Å². The molecule has 2 aromatic rings. The zero-order valence-electron chi connectivity index (χ0n) is 12.8. The number of aromatic nitrogens is 1. The van der Waals surface area contributed by atoms with Gasteiger partial charge in [-0.15, -0.1) is 0 Å². The Bertz CT molecular complexity index is 688. The Kier molecular flexibility index (Phi) is 4.46. The van der Waals surface area contributed by atoms with Crippen molar-refractivity contribution in [3.8, 4) is 11.5 Å². The maximum absolute atomic E-state index is 11.9. The number of nitrogens with zero attached hydrogens (tertiary/aromatic N) is 1. The minimum absolute atomic E-state index is 0.293. The van der Waals surface area contributed by atoms with E-state index in [0.717, 1.165) is 17.1 Å². The number of rotatable bonds is 4. The number of hydrogen-bond donors (Lipinski definition) is 3. The zero-order valence-corrected chi connectivity index (χ0v) is 12.8. The van der Waals surface area contributed by atoms with E-state index in [2.05, 4.69) is 20.9 Å². The maximum atomic E-state index is 11.9. The molecule has 0 unspecified atom stereocenters. The molecule has 0 saturated carbocycles. The molecule has 3 N–H and O–H groups in total. The lowest BCUT2D eigenvalue weighted by atomic mass is 10.2. The van der Waals surface area contributed by atoms with Crippen LogP contribution in [0.5, 0.6) is 11.5 Å². The van der Waals surface area contributed by atoms with Crippen LogP contribution in [0.4, 0.5) is 16.3 Å². The van der Waals surface area contributed by atoms with Crippen LogP contribution in [0.1, 0.15) is 5.56 Å². The monoisotopic (exact) mass is 314 g/mol. The van der Waals surface area contributed by atoms with Crippen LogP contribution in [-0.2, 0) is 6.54 Å². The maximum Gasteiger partial charge on any atom is 0.319 e. The van der Waals surface area contributed by atoms with E-state index < -0.39 is 0 Å². The van der Waals surface area contributed by atoms with Crippen molar-refractivity contribution in [2.75, 3.05) is 30.9 Å². The Morgan fingerprint density at radius 1 is 1.17 bits per heavy atom. The van der Waals surface area contributed by atoms with Crippen molar-refractivity contribution < 1.29 is 14.3 Å². The van der Waals surface area contributed by atoms with Gasteiger partial charge in [-0.2, -0.15) is 0 Å². The fourth-order valence-corrected chi connectivity index (χ4v) is 2.17. The first-order chi connectivity index (χ1) is 11.2. The number of ether oxygens (including phenoxy) is 2. The molecule has 3 rings (SSSR count). The Morgan fingerprint density at radius 2 is 2.00 bits per heavy atom. The summed E-state index contributed by atoms with van der Waals surface area (Å²) in [7, 11) is 1.79. The molecule has 1 aromatic carbocycles. The summed E-state index contributed by atoms with van der Waals surface area (Å²) >= 11 is 0. The lowest BCUT2D eigenvalue weighted by Crippen LogP contribution is -2.28. The smallest absolute Gasteiger partial charge is 0.319 e. The van der Waals surface area contributed by atoms with Crippen LogP contribution in [0.3, 0.4) is 0 Å². The highest BCUT2D eigenvalue weighted by molar-refractivity contribution is 5.89. The van der Waals surface area contributed by atoms with Crippen LogP contribution in [0, 0.1) is 0 Å². The SMILES string of the molecule is CNc1ccc(NC(=O)NCc2ccc3c(c2)OCCO3)cn1. The molecule has 0 radical (unpaired) electrons. The Hall–Kier alpha value is -2.96. The largest absolute Gasteiger partial charge is 0.486 e. The molecule has 1 aromatic heterocycles. The summed E-state index contributed by atoms with van der Waals surface area (Å²) in [6.07, 6.45) is 1.59. The topological polar surface area (TPSA) is 84.5 Å². The zero-order chi connectivity index (χ0) is 16.1. The first-order valence-corrected chi connectivity index (χ1v) is 7.32. The normalized spacial score (nSPS) is 12.4. The molecule has 0 fully saturated rings. The number of benzene rings is 1. The van der Waals surface area contributed by atoms with E-state index in [1.54, 1.807) is 25.4 Å². The summed E-state index contributed by atoms with van der Waals surface area (Å²) in [5.41, 5.74) is 1.57. The van der Waals surface area contributed by atoms with E-state index in [0.29, 0.717) is 31.2 Å². The molecular weight excluding hydrogens is 296 g/mol. The van der Waals surface area contributed by atoms with Gasteiger partial charge in [0, 0.05) is 13.6 Å². The number of urea groups is 1. The lowest BCUT2D eigenvalue weighted by molar-refractivity contribution is 0.171. The van der Waals surface area contributed by atoms with E-state index in [1.165, 1.54) is 0 Å². The molecule has 7 nitrogen and oxygen atoms in total. The van der Waals surface area contributed by atoms with Crippen LogP contribution < -0.4 is 25.4 Å². The molecule has 0 saturated heterocycles. The van der Waals surface area contributed by atoms with Gasteiger partial charge in [-0.05, 0) is 29.8 Å². The van der Waals surface area contributed by atoms with Gasteiger partial charge in [-0.1, -0.05) is 6.07 Å². The van der Waals surface area contributed by atoms with Crippen molar-refractivity contribution in [2.24, 2.45) is 0 Å². The number of carbonyl (C=O) groups is 1. The molecule has 7 heteroatoms. The van der Waals surface area contributed by atoms with Crippen LogP contribution in [-0.4, -0.2) is 31.3 Å². The fourth-order valence-electron chi connectivity index (χ4n) is 2.17. The number of hydrogen-bond acceptors (Lipinski definition) is 5. The fraction of sp³-hybridized carbons (Fsp3) is 0.250. The van der Waals surface area contributed by atoms with Gasteiger partial charge in [-0.3, -0.25) is 0 Å². The number of carbonyl (C=O) groups excluding carboxylic acids is 1. The van der Waals surface area contributed by atoms with Gasteiger partial charge in [0.2, 0.25) is 0 Å². The van der Waals surface area contributed by atoms with Gasteiger partial charge in [0.25, 0.3) is 0 Å². The molecule has 2 heterocycles. The third kappa shape index (κ3) is 3.82. The summed E-state index contributed by atoms with van der Waals surface area (Å²) in [4.78, 5) is 16.0. The third-order valence-electron chi connectivity index (χ3n) is 3.34. The molecule has 0 bridgehead atoms. The predicted molar refractivity (Wildman–Crippen MR) is 87.1 cm³/mol. The Labute approximate surface area is 134 Å². The van der Waals surface area contributed by atoms with Gasteiger partial charge < -0.3 is 25.4 Å². The molecule has 1 aliphatic heterocycles. The Balaban J connectivity index is 1.54. The molecule has 2 amide bonds. The minimum atomic E-state index is -0.293. The van der Waals surface area contributed by atoms with Crippen molar-refractivity contribution >= 4 is 17.5 Å². The minimum Gasteiger partial charge on any atom is -0.486 e. The second kappa shape index (κ2) is 6.87. The van der Waals surface area contributed by atoms with Gasteiger partial charge in [0.1, 0.15) is 19.0 Å². The molecule has 120 valence electrons. The van der Waals surface area contributed by atoms with E-state index >= 15 is 0 Å². The molecule has 0 aliphatic carbocycles. The van der Waals surface area contributed by atoms with Gasteiger partial charge >= 0.3 is 6.03 Å². The molecule has 0 atom stereocenters. The molecule has 1 aliphatic rings. The number of amides is 2. The quantitative estimate of drug-likeness (QED) is 0.806. The molecule has 0 spiro atoms. The summed E-state index contributed by atoms with van der Waals surface area (Å²) in [6.45, 7) is 1.50. The van der Waals surface area contributed by atoms with Gasteiger partial charge in [0.15, 0.2) is 11.5 Å². The standard InChI is InChI=1S/C16H18N4O3/c1-17-15-5-3-12(10-18-15)20-16(21)19-9-11-2-4-13-14(8-11)23-7-6-22-13/h2-5,8,10H,6-7,9H2,1H3,(H,17,18)(H2,19,20,21). The number of fused-ring (bicyclic) bond motifs is 1. The average molecular weight is 314 g/mol. The first-order valence-electron chi connectivity index (χ1n) is 7.32. The Morgan fingerprint density at radius 3 is 2.74 bits per heavy atom. The molecule has 23 heavy (non-hydrogen) atoms. The summed E-state index contributed by atoms with van der Waals surface area (Å²) in [5.74, 6) is 2.19. The highest BCUT2D eigenvalue weighted by Gasteiger charge is 2.12. The molecular formula is C16H18N4O3. The highest BCUT2D eigenvalue weighted by Crippen LogP contribution is 2.30. The summed E-state index contributed by atoms with van der Waals surface area (Å²) in [5, 5.41) is 8.44. The average Bonchev–Trinajstić information content (AvgIpc) is 2.60. The van der Waals surface area contributed by atoms with Crippen molar-refractivity contribution in [2.45, 2.75) is 6.54 Å². The number of anilines is 2. The second-order valence-electron chi connectivity index (χ2n) is 4.97. The van der Waals surface area contributed by atoms with Crippen molar-refractivity contribution in [1.82, 2.24) is 10.3 Å². The van der Waals surface area contributed by atoms with Crippen molar-refractivity contribution in [3.05, 3.63) is 42.1 Å². The first kappa shape index (κ1) is 15.0. The van der Waals surface area contributed by atoms with E-state index in [1.807, 2.05) is 18.2 Å². The van der Waals surface area contributed by atoms with Crippen molar-refractivity contribution in [1.29, 1.82) is 0 Å². The van der Waals surface area contributed by atoms with Crippen molar-refractivity contribution in [3.63, 3.8) is 0 Å². The summed E-state index contributed by atoms with van der Waals surface area (Å²) < 4.78 is 11.0. The van der Waals surface area contributed by atoms with Crippen LogP contribution in [0.15, 0.2) is 36.5 Å². The third-order valence-corrected chi connectivity index (χ3v) is 3.34. The van der Waals surface area contributed by atoms with Crippen LogP contribution in [0.25, 0.3) is 0 Å². The summed E-state index contributed by atoms with van der Waals surface area (Å²) in [6, 6.07) is 8.90. The van der Waals surface area contributed by atoms with Crippen LogP contribution >= 0.6 is 0 Å². The lowest BCUT2D eigenvalue weighted by Gasteiger charge is -2.19. The van der Waals surface area contributed by atoms with E-state index in [-0.39, 0.29) is 6.03 Å². The highest BCUT2D eigenvalue weighted by atomic mass is 16.6. The predicted octanol–water partition coefficient (Wildman–Crippen LogP) is 2.22. The van der Waals surface area contributed by atoms with E-state index in [4.69, 9.17) is 9.47 Å². The van der Waals surface area contributed by atoms with Gasteiger partial charge in [0.05, 0.1) is 11.9 Å². The number of nitrogens with one attached hydrogen (secondary N) is 3. The van der Waals surface area contributed by atoms with Crippen LogP contribution in [0.2, 0.25) is 0 Å². The number of pyridine rings is 1. The second-order valence-corrected chi connectivity index (χ2v) is 4.97. The van der Waals surface area contributed by atoms with Gasteiger partial charge in [-0.25, -0.2) is 9.78 Å².